The van der Waals surface area contributed by atoms with Crippen LogP contribution in [-0.2, 0) is 16.6 Å². The van der Waals surface area contributed by atoms with Crippen LogP contribution in [0.3, 0.4) is 0 Å². The van der Waals surface area contributed by atoms with Crippen molar-refractivity contribution in [2.24, 2.45) is 5.73 Å². The van der Waals surface area contributed by atoms with E-state index in [1.54, 1.807) is 11.4 Å². The second kappa shape index (κ2) is 5.28. The van der Waals surface area contributed by atoms with Gasteiger partial charge in [-0.2, -0.15) is 0 Å². The summed E-state index contributed by atoms with van der Waals surface area (Å²) in [6.45, 7) is 2.39. The number of rotatable bonds is 4. The van der Waals surface area contributed by atoms with E-state index in [9.17, 15) is 8.42 Å². The van der Waals surface area contributed by atoms with Crippen molar-refractivity contribution in [2.45, 2.75) is 56.0 Å². The van der Waals surface area contributed by atoms with Crippen LogP contribution in [0, 0.1) is 0 Å². The molecule has 2 rings (SSSR count). The van der Waals surface area contributed by atoms with Gasteiger partial charge in [-0.3, -0.25) is 0 Å². The third kappa shape index (κ3) is 3.12. The Hall–Kier alpha value is -0.430. The van der Waals surface area contributed by atoms with E-state index in [1.807, 2.05) is 6.92 Å². The number of hydrogen-bond donors (Lipinski definition) is 2. The topological polar surface area (TPSA) is 72.2 Å². The molecule has 1 saturated carbocycles. The molecule has 1 aromatic heterocycles. The molecule has 1 aliphatic rings. The van der Waals surface area contributed by atoms with Crippen LogP contribution in [0.1, 0.15) is 43.9 Å². The summed E-state index contributed by atoms with van der Waals surface area (Å²) >= 11 is 1.39. The molecule has 3 N–H and O–H groups in total. The first kappa shape index (κ1) is 14.0. The van der Waals surface area contributed by atoms with Gasteiger partial charge in [-0.15, -0.1) is 11.3 Å². The van der Waals surface area contributed by atoms with E-state index < -0.39 is 10.0 Å². The molecule has 0 saturated heterocycles. The molecule has 0 atom stereocenters. The standard InChI is InChI=1S/C12H20N2O2S2/c1-12(5-3-2-4-6-12)14-18(15,16)11-7-10(8-13)17-9-11/h7,9,14H,2-6,8,13H2,1H3. The lowest BCUT2D eigenvalue weighted by atomic mass is 9.84. The van der Waals surface area contributed by atoms with E-state index in [2.05, 4.69) is 4.72 Å². The van der Waals surface area contributed by atoms with Crippen molar-refractivity contribution < 1.29 is 8.42 Å². The molecule has 4 nitrogen and oxygen atoms in total. The van der Waals surface area contributed by atoms with Crippen LogP contribution in [0.25, 0.3) is 0 Å². The molecule has 0 spiro atoms. The van der Waals surface area contributed by atoms with E-state index >= 15 is 0 Å². The molecule has 0 aromatic carbocycles. The molecule has 0 unspecified atom stereocenters. The van der Waals surface area contributed by atoms with Crippen molar-refractivity contribution in [3.8, 4) is 0 Å². The Morgan fingerprint density at radius 1 is 1.39 bits per heavy atom. The van der Waals surface area contributed by atoms with E-state index in [1.165, 1.54) is 17.8 Å². The van der Waals surface area contributed by atoms with E-state index in [4.69, 9.17) is 5.73 Å². The number of sulfonamides is 1. The van der Waals surface area contributed by atoms with Gasteiger partial charge in [0.1, 0.15) is 0 Å². The number of nitrogens with two attached hydrogens (primary N) is 1. The smallest absolute Gasteiger partial charge is 0.241 e. The molecule has 18 heavy (non-hydrogen) atoms. The molecule has 102 valence electrons. The van der Waals surface area contributed by atoms with Gasteiger partial charge in [0.25, 0.3) is 0 Å². The minimum absolute atomic E-state index is 0.290. The van der Waals surface area contributed by atoms with Gasteiger partial charge >= 0.3 is 0 Å². The third-order valence-electron chi connectivity index (χ3n) is 3.48. The Bertz CT molecular complexity index is 502. The minimum atomic E-state index is -3.40. The minimum Gasteiger partial charge on any atom is -0.326 e. The van der Waals surface area contributed by atoms with Crippen LogP contribution < -0.4 is 10.5 Å². The van der Waals surface area contributed by atoms with Gasteiger partial charge in [-0.25, -0.2) is 13.1 Å². The fourth-order valence-electron chi connectivity index (χ4n) is 2.43. The number of thiophene rings is 1. The van der Waals surface area contributed by atoms with Crippen LogP contribution >= 0.6 is 11.3 Å². The molecule has 1 fully saturated rings. The number of hydrogen-bond acceptors (Lipinski definition) is 4. The maximum Gasteiger partial charge on any atom is 0.241 e. The Morgan fingerprint density at radius 3 is 2.61 bits per heavy atom. The van der Waals surface area contributed by atoms with Gasteiger partial charge < -0.3 is 5.73 Å². The molecule has 1 heterocycles. The fourth-order valence-corrected chi connectivity index (χ4v) is 5.05. The highest BCUT2D eigenvalue weighted by Gasteiger charge is 2.32. The lowest BCUT2D eigenvalue weighted by Gasteiger charge is -2.33. The summed E-state index contributed by atoms with van der Waals surface area (Å²) in [5.41, 5.74) is 5.22. The van der Waals surface area contributed by atoms with Crippen molar-refractivity contribution in [2.75, 3.05) is 0 Å². The van der Waals surface area contributed by atoms with Crippen molar-refractivity contribution >= 4 is 21.4 Å². The third-order valence-corrected chi connectivity index (χ3v) is 6.21. The zero-order valence-electron chi connectivity index (χ0n) is 10.6. The van der Waals surface area contributed by atoms with Gasteiger partial charge in [-0.1, -0.05) is 19.3 Å². The zero-order chi connectivity index (χ0) is 13.2. The van der Waals surface area contributed by atoms with Crippen LogP contribution in [0.4, 0.5) is 0 Å². The molecule has 6 heteroatoms. The summed E-state index contributed by atoms with van der Waals surface area (Å²) in [5.74, 6) is 0. The van der Waals surface area contributed by atoms with Gasteiger partial charge in [0.15, 0.2) is 0 Å². The average Bonchev–Trinajstić information content (AvgIpc) is 2.77. The largest absolute Gasteiger partial charge is 0.326 e. The summed E-state index contributed by atoms with van der Waals surface area (Å²) in [6.07, 6.45) is 5.22. The van der Waals surface area contributed by atoms with Crippen LogP contribution in [0.5, 0.6) is 0 Å². The van der Waals surface area contributed by atoms with Gasteiger partial charge in [-0.05, 0) is 25.8 Å². The Labute approximate surface area is 113 Å². The average molecular weight is 288 g/mol. The molecular weight excluding hydrogens is 268 g/mol. The highest BCUT2D eigenvalue weighted by atomic mass is 32.2. The first-order chi connectivity index (χ1) is 8.45. The van der Waals surface area contributed by atoms with Gasteiger partial charge in [0.05, 0.1) is 4.90 Å². The maximum absolute atomic E-state index is 12.3. The molecular formula is C12H20N2O2S2. The molecule has 1 aliphatic carbocycles. The van der Waals surface area contributed by atoms with Gasteiger partial charge in [0.2, 0.25) is 10.0 Å². The summed E-state index contributed by atoms with van der Waals surface area (Å²) in [4.78, 5) is 1.24. The zero-order valence-corrected chi connectivity index (χ0v) is 12.2. The highest BCUT2D eigenvalue weighted by molar-refractivity contribution is 7.89. The Balaban J connectivity index is 2.16. The predicted molar refractivity (Wildman–Crippen MR) is 74.0 cm³/mol. The lowest BCUT2D eigenvalue weighted by molar-refractivity contribution is 0.294. The number of nitrogens with one attached hydrogen (secondary N) is 1. The second-order valence-electron chi connectivity index (χ2n) is 5.18. The summed E-state index contributed by atoms with van der Waals surface area (Å²) < 4.78 is 27.4. The van der Waals surface area contributed by atoms with Gasteiger partial charge in [0, 0.05) is 22.3 Å². The summed E-state index contributed by atoms with van der Waals surface area (Å²) in [7, 11) is -3.40. The van der Waals surface area contributed by atoms with E-state index in [0.29, 0.717) is 11.4 Å². The van der Waals surface area contributed by atoms with Crippen molar-refractivity contribution in [3.05, 3.63) is 16.3 Å². The molecule has 1 aromatic rings. The van der Waals surface area contributed by atoms with Crippen molar-refractivity contribution in [1.82, 2.24) is 4.72 Å². The Morgan fingerprint density at radius 2 is 2.06 bits per heavy atom. The van der Waals surface area contributed by atoms with Crippen LogP contribution in [0.15, 0.2) is 16.3 Å². The second-order valence-corrected chi connectivity index (χ2v) is 7.86. The van der Waals surface area contributed by atoms with Crippen molar-refractivity contribution in [3.63, 3.8) is 0 Å². The molecule has 0 bridgehead atoms. The monoisotopic (exact) mass is 288 g/mol. The SMILES string of the molecule is CC1(NS(=O)(=O)c2csc(CN)c2)CCCCC1. The van der Waals surface area contributed by atoms with Crippen LogP contribution in [-0.4, -0.2) is 14.0 Å². The highest BCUT2D eigenvalue weighted by Crippen LogP contribution is 2.30. The fraction of sp³-hybridized carbons (Fsp3) is 0.667. The first-order valence-electron chi connectivity index (χ1n) is 6.27. The normalized spacial score (nSPS) is 19.9. The maximum atomic E-state index is 12.3. The quantitative estimate of drug-likeness (QED) is 0.892. The predicted octanol–water partition coefficient (Wildman–Crippen LogP) is 2.21. The first-order valence-corrected chi connectivity index (χ1v) is 8.63. The van der Waals surface area contributed by atoms with Crippen LogP contribution in [0.2, 0.25) is 0 Å². The molecule has 0 amide bonds. The molecule has 0 radical (unpaired) electrons. The molecule has 0 aliphatic heterocycles. The van der Waals surface area contributed by atoms with E-state index in [-0.39, 0.29) is 5.54 Å². The van der Waals surface area contributed by atoms with E-state index in [0.717, 1.165) is 30.6 Å². The summed E-state index contributed by atoms with van der Waals surface area (Å²) in [6, 6.07) is 1.67. The summed E-state index contributed by atoms with van der Waals surface area (Å²) in [5, 5.41) is 1.66. The lowest BCUT2D eigenvalue weighted by Crippen LogP contribution is -2.46. The van der Waals surface area contributed by atoms with Crippen molar-refractivity contribution in [1.29, 1.82) is 0 Å². The Kier molecular flexibility index (Phi) is 4.11.